The van der Waals surface area contributed by atoms with Crippen molar-refractivity contribution in [3.8, 4) is 5.75 Å². The normalized spacial score (nSPS) is 16.7. The predicted molar refractivity (Wildman–Crippen MR) is 104 cm³/mol. The van der Waals surface area contributed by atoms with Crippen molar-refractivity contribution in [3.05, 3.63) is 63.6 Å². The molecule has 2 heterocycles. The van der Waals surface area contributed by atoms with Crippen molar-refractivity contribution in [2.24, 2.45) is 0 Å². The Kier molecular flexibility index (Phi) is 6.45. The Bertz CT molecular complexity index is 877. The third kappa shape index (κ3) is 3.80. The van der Waals surface area contributed by atoms with E-state index in [0.29, 0.717) is 16.2 Å². The number of rotatable bonds is 9. The van der Waals surface area contributed by atoms with Crippen LogP contribution < -0.4 is 4.74 Å². The van der Waals surface area contributed by atoms with E-state index in [4.69, 9.17) is 14.6 Å². The van der Waals surface area contributed by atoms with Crippen LogP contribution in [-0.4, -0.2) is 60.3 Å². The Labute approximate surface area is 166 Å². The fraction of sp³-hybridized carbons (Fsp3) is 0.300. The summed E-state index contributed by atoms with van der Waals surface area (Å²) in [5.74, 6) is -1.08. The number of aliphatic hydroxyl groups is 2. The average Bonchev–Trinajstić information content (AvgIpc) is 3.33. The summed E-state index contributed by atoms with van der Waals surface area (Å²) in [6, 6.07) is 9.68. The summed E-state index contributed by atoms with van der Waals surface area (Å²) in [5.41, 5.74) is 0.628. The van der Waals surface area contributed by atoms with Gasteiger partial charge in [0.2, 0.25) is 5.78 Å². The Morgan fingerprint density at radius 3 is 2.68 bits per heavy atom. The largest absolute Gasteiger partial charge is 0.503 e. The lowest BCUT2D eigenvalue weighted by atomic mass is 9.94. The number of para-hydroxylation sites is 1. The molecule has 148 valence electrons. The lowest BCUT2D eigenvalue weighted by Crippen LogP contribution is -2.34. The van der Waals surface area contributed by atoms with E-state index in [1.165, 1.54) is 23.3 Å². The number of ketones is 1. The molecule has 0 aliphatic carbocycles. The molecule has 0 fully saturated rings. The van der Waals surface area contributed by atoms with E-state index in [9.17, 15) is 14.7 Å². The Balaban J connectivity index is 2.02. The highest BCUT2D eigenvalue weighted by atomic mass is 32.1. The molecule has 8 heteroatoms. The van der Waals surface area contributed by atoms with Gasteiger partial charge in [-0.1, -0.05) is 24.3 Å². The van der Waals surface area contributed by atoms with Gasteiger partial charge >= 0.3 is 0 Å². The Morgan fingerprint density at radius 1 is 1.21 bits per heavy atom. The number of hydrogen-bond acceptors (Lipinski definition) is 7. The van der Waals surface area contributed by atoms with Gasteiger partial charge in [0.05, 0.1) is 43.4 Å². The lowest BCUT2D eigenvalue weighted by molar-refractivity contribution is -0.130. The van der Waals surface area contributed by atoms with Crippen molar-refractivity contribution in [1.29, 1.82) is 0 Å². The molecule has 0 bridgehead atoms. The first-order chi connectivity index (χ1) is 13.6. The number of thiophene rings is 1. The zero-order valence-electron chi connectivity index (χ0n) is 15.3. The number of carbonyl (C=O) groups is 2. The van der Waals surface area contributed by atoms with Gasteiger partial charge in [-0.05, 0) is 17.5 Å². The third-order valence-corrected chi connectivity index (χ3v) is 5.31. The van der Waals surface area contributed by atoms with Crippen molar-refractivity contribution >= 4 is 23.0 Å². The van der Waals surface area contributed by atoms with E-state index in [0.717, 1.165) is 0 Å². The molecule has 28 heavy (non-hydrogen) atoms. The highest BCUT2D eigenvalue weighted by molar-refractivity contribution is 7.12. The molecule has 0 saturated heterocycles. The van der Waals surface area contributed by atoms with E-state index in [1.807, 2.05) is 0 Å². The molecule has 2 N–H and O–H groups in total. The van der Waals surface area contributed by atoms with Crippen LogP contribution in [0.15, 0.2) is 53.1 Å². The summed E-state index contributed by atoms with van der Waals surface area (Å²) >= 11 is 1.25. The summed E-state index contributed by atoms with van der Waals surface area (Å²) in [4.78, 5) is 27.7. The van der Waals surface area contributed by atoms with E-state index < -0.39 is 23.5 Å². The van der Waals surface area contributed by atoms with Crippen LogP contribution in [0.5, 0.6) is 5.75 Å². The molecule has 2 aromatic rings. The summed E-state index contributed by atoms with van der Waals surface area (Å²) in [5, 5.41) is 21.2. The first-order valence-electron chi connectivity index (χ1n) is 8.74. The average molecular weight is 403 g/mol. The fourth-order valence-corrected chi connectivity index (χ4v) is 3.88. The monoisotopic (exact) mass is 403 g/mol. The quantitative estimate of drug-likeness (QED) is 0.493. The van der Waals surface area contributed by atoms with Gasteiger partial charge in [0.1, 0.15) is 5.75 Å². The SMILES string of the molecule is COc1ccccc1C1C(C(=O)c2cccs2)=C(O)C(=O)N1CCOCCO. The standard InChI is InChI=1S/C20H21NO6S/c1-26-14-6-3-2-5-13(14)17-16(18(23)15-7-4-12-28-15)19(24)20(25)21(17)8-10-27-11-9-22/h2-7,12,17,22,24H,8-11H2,1H3. The van der Waals surface area contributed by atoms with Crippen LogP contribution >= 0.6 is 11.3 Å². The molecule has 7 nitrogen and oxygen atoms in total. The molecule has 1 unspecified atom stereocenters. The predicted octanol–water partition coefficient (Wildman–Crippen LogP) is 2.34. The topological polar surface area (TPSA) is 96.3 Å². The second kappa shape index (κ2) is 9.01. The second-order valence-corrected chi connectivity index (χ2v) is 7.00. The summed E-state index contributed by atoms with van der Waals surface area (Å²) in [7, 11) is 1.51. The Hall–Kier alpha value is -2.68. The number of benzene rings is 1. The first-order valence-corrected chi connectivity index (χ1v) is 9.62. The van der Waals surface area contributed by atoms with Crippen LogP contribution in [0, 0.1) is 0 Å². The van der Waals surface area contributed by atoms with Crippen LogP contribution in [0.25, 0.3) is 0 Å². The molecule has 1 aliphatic rings. The first kappa shape index (κ1) is 20.1. The number of amides is 1. The minimum absolute atomic E-state index is 0.0270. The molecule has 1 aromatic carbocycles. The minimum Gasteiger partial charge on any atom is -0.503 e. The van der Waals surface area contributed by atoms with Gasteiger partial charge in [-0.2, -0.15) is 0 Å². The maximum Gasteiger partial charge on any atom is 0.290 e. The second-order valence-electron chi connectivity index (χ2n) is 6.05. The number of methoxy groups -OCH3 is 1. The molecular weight excluding hydrogens is 382 g/mol. The highest BCUT2D eigenvalue weighted by Crippen LogP contribution is 2.42. The summed E-state index contributed by atoms with van der Waals surface area (Å²) in [6.45, 7) is 0.315. The van der Waals surface area contributed by atoms with Crippen LogP contribution in [-0.2, 0) is 9.53 Å². The van der Waals surface area contributed by atoms with Gasteiger partial charge in [0, 0.05) is 12.1 Å². The molecule has 0 radical (unpaired) electrons. The zero-order chi connectivity index (χ0) is 20.1. The van der Waals surface area contributed by atoms with Gasteiger partial charge < -0.3 is 24.6 Å². The summed E-state index contributed by atoms with van der Waals surface area (Å²) in [6.07, 6.45) is 0. The van der Waals surface area contributed by atoms with Gasteiger partial charge in [-0.3, -0.25) is 9.59 Å². The van der Waals surface area contributed by atoms with Crippen LogP contribution in [0.1, 0.15) is 21.3 Å². The molecule has 1 amide bonds. The van der Waals surface area contributed by atoms with E-state index in [2.05, 4.69) is 0 Å². The van der Waals surface area contributed by atoms with Crippen LogP contribution in [0.4, 0.5) is 0 Å². The molecule has 3 rings (SSSR count). The Morgan fingerprint density at radius 2 is 2.00 bits per heavy atom. The smallest absolute Gasteiger partial charge is 0.290 e. The number of ether oxygens (including phenoxy) is 2. The lowest BCUT2D eigenvalue weighted by Gasteiger charge is -2.27. The van der Waals surface area contributed by atoms with Gasteiger partial charge in [0.15, 0.2) is 5.76 Å². The molecule has 1 atom stereocenters. The van der Waals surface area contributed by atoms with E-state index in [1.54, 1.807) is 41.8 Å². The van der Waals surface area contributed by atoms with Crippen molar-refractivity contribution in [2.45, 2.75) is 6.04 Å². The number of Topliss-reactive ketones (excluding diaryl/α,β-unsaturated/α-hetero) is 1. The van der Waals surface area contributed by atoms with Crippen LogP contribution in [0.2, 0.25) is 0 Å². The minimum atomic E-state index is -0.795. The zero-order valence-corrected chi connectivity index (χ0v) is 16.1. The number of hydrogen-bond donors (Lipinski definition) is 2. The van der Waals surface area contributed by atoms with Crippen molar-refractivity contribution in [2.75, 3.05) is 33.5 Å². The molecule has 0 spiro atoms. The summed E-state index contributed by atoms with van der Waals surface area (Å²) < 4.78 is 10.7. The van der Waals surface area contributed by atoms with Gasteiger partial charge in [0.25, 0.3) is 5.91 Å². The molecule has 1 aromatic heterocycles. The van der Waals surface area contributed by atoms with Gasteiger partial charge in [-0.25, -0.2) is 0 Å². The van der Waals surface area contributed by atoms with E-state index in [-0.39, 0.29) is 31.9 Å². The highest BCUT2D eigenvalue weighted by Gasteiger charge is 2.44. The third-order valence-electron chi connectivity index (χ3n) is 4.44. The van der Waals surface area contributed by atoms with Crippen molar-refractivity contribution in [3.63, 3.8) is 0 Å². The maximum absolute atomic E-state index is 13.1. The number of carbonyl (C=O) groups excluding carboxylic acids is 2. The maximum atomic E-state index is 13.1. The molecular formula is C20H21NO6S. The molecule has 0 saturated carbocycles. The van der Waals surface area contributed by atoms with Crippen LogP contribution in [0.3, 0.4) is 0 Å². The van der Waals surface area contributed by atoms with Crippen molar-refractivity contribution in [1.82, 2.24) is 4.90 Å². The number of nitrogens with zero attached hydrogens (tertiary/aromatic N) is 1. The van der Waals surface area contributed by atoms with Gasteiger partial charge in [-0.15, -0.1) is 11.3 Å². The molecule has 1 aliphatic heterocycles. The van der Waals surface area contributed by atoms with Crippen molar-refractivity contribution < 1.29 is 29.3 Å². The fourth-order valence-electron chi connectivity index (χ4n) is 3.20. The number of aliphatic hydroxyl groups excluding tert-OH is 2. The van der Waals surface area contributed by atoms with E-state index >= 15 is 0 Å².